The normalized spacial score (nSPS) is 16.3. The Morgan fingerprint density at radius 2 is 2.16 bits per heavy atom. The molecule has 0 unspecified atom stereocenters. The monoisotopic (exact) mass is 328 g/mol. The van der Waals surface area contributed by atoms with Crippen LogP contribution in [0.1, 0.15) is 10.4 Å². The lowest BCUT2D eigenvalue weighted by atomic mass is 10.2. The molecule has 1 aliphatic heterocycles. The van der Waals surface area contributed by atoms with Crippen LogP contribution in [0.3, 0.4) is 0 Å². The summed E-state index contributed by atoms with van der Waals surface area (Å²) in [6, 6.07) is 5.23. The molecule has 0 spiro atoms. The molecule has 0 saturated carbocycles. The van der Waals surface area contributed by atoms with Crippen molar-refractivity contribution in [2.24, 2.45) is 0 Å². The average molecular weight is 329 g/mol. The summed E-state index contributed by atoms with van der Waals surface area (Å²) < 4.78 is 6.05. The third-order valence-electron chi connectivity index (χ3n) is 3.06. The van der Waals surface area contributed by atoms with E-state index in [1.807, 2.05) is 6.07 Å². The van der Waals surface area contributed by atoms with Gasteiger partial charge in [0.05, 0.1) is 18.8 Å². The summed E-state index contributed by atoms with van der Waals surface area (Å²) in [6.07, 6.45) is 0. The van der Waals surface area contributed by atoms with Gasteiger partial charge in [-0.05, 0) is 18.2 Å². The van der Waals surface area contributed by atoms with Gasteiger partial charge in [0.25, 0.3) is 0 Å². The van der Waals surface area contributed by atoms with Crippen molar-refractivity contribution in [2.75, 3.05) is 44.7 Å². The van der Waals surface area contributed by atoms with Crippen molar-refractivity contribution in [2.45, 2.75) is 0 Å². The van der Waals surface area contributed by atoms with E-state index in [4.69, 9.17) is 9.84 Å². The van der Waals surface area contributed by atoms with Crippen molar-refractivity contribution in [1.82, 2.24) is 4.90 Å². The Balaban J connectivity index is 1.89. The Kier molecular flexibility index (Phi) is 5.18. The quantitative estimate of drug-likeness (QED) is 0.864. The van der Waals surface area contributed by atoms with E-state index < -0.39 is 5.97 Å². The van der Waals surface area contributed by atoms with Crippen LogP contribution in [0.4, 0.5) is 5.69 Å². The minimum Gasteiger partial charge on any atom is -0.478 e. The van der Waals surface area contributed by atoms with Crippen LogP contribution in [0.25, 0.3) is 0 Å². The number of morpholine rings is 1. The molecule has 0 aliphatic carbocycles. The summed E-state index contributed by atoms with van der Waals surface area (Å²) in [7, 11) is 0. The Labute approximate surface area is 120 Å². The fraction of sp³-hybridized carbons (Fsp3) is 0.462. The van der Waals surface area contributed by atoms with E-state index in [1.165, 1.54) is 0 Å². The predicted octanol–water partition coefficient (Wildman–Crippen LogP) is 1.89. The molecule has 1 aromatic rings. The fourth-order valence-electron chi connectivity index (χ4n) is 2.02. The molecule has 1 fully saturated rings. The van der Waals surface area contributed by atoms with E-state index in [0.717, 1.165) is 43.9 Å². The average Bonchev–Trinajstić information content (AvgIpc) is 2.41. The summed E-state index contributed by atoms with van der Waals surface area (Å²) in [5, 5.41) is 12.3. The molecule has 0 amide bonds. The number of anilines is 1. The fourth-order valence-corrected chi connectivity index (χ4v) is 2.38. The van der Waals surface area contributed by atoms with Crippen LogP contribution in [-0.4, -0.2) is 55.4 Å². The number of aromatic carboxylic acids is 1. The van der Waals surface area contributed by atoms with Gasteiger partial charge in [-0.25, -0.2) is 4.79 Å². The first kappa shape index (κ1) is 14.3. The first-order valence-corrected chi connectivity index (χ1v) is 7.03. The summed E-state index contributed by atoms with van der Waals surface area (Å²) in [6.45, 7) is 5.04. The number of nitrogens with one attached hydrogen (secondary N) is 1. The van der Waals surface area contributed by atoms with Gasteiger partial charge < -0.3 is 15.2 Å². The molecule has 1 aliphatic rings. The minimum absolute atomic E-state index is 0.288. The number of ether oxygens (including phenoxy) is 1. The Morgan fingerprint density at radius 3 is 2.84 bits per heavy atom. The first-order chi connectivity index (χ1) is 9.16. The lowest BCUT2D eigenvalue weighted by Crippen LogP contribution is -2.39. The molecule has 19 heavy (non-hydrogen) atoms. The lowest BCUT2D eigenvalue weighted by Gasteiger charge is -2.26. The zero-order chi connectivity index (χ0) is 13.7. The van der Waals surface area contributed by atoms with Crippen LogP contribution in [0.5, 0.6) is 0 Å². The van der Waals surface area contributed by atoms with E-state index in [-0.39, 0.29) is 5.56 Å². The van der Waals surface area contributed by atoms with Crippen molar-refractivity contribution < 1.29 is 14.6 Å². The first-order valence-electron chi connectivity index (χ1n) is 6.23. The van der Waals surface area contributed by atoms with Crippen molar-refractivity contribution in [1.29, 1.82) is 0 Å². The Bertz CT molecular complexity index is 448. The molecule has 1 aromatic carbocycles. The van der Waals surface area contributed by atoms with Crippen LogP contribution in [-0.2, 0) is 4.74 Å². The summed E-state index contributed by atoms with van der Waals surface area (Å²) in [4.78, 5) is 13.5. The van der Waals surface area contributed by atoms with Gasteiger partial charge in [-0.15, -0.1) is 0 Å². The van der Waals surface area contributed by atoms with E-state index in [0.29, 0.717) is 5.69 Å². The molecule has 1 saturated heterocycles. The van der Waals surface area contributed by atoms with Gasteiger partial charge in [0.15, 0.2) is 0 Å². The maximum Gasteiger partial charge on any atom is 0.337 e. The second-order valence-electron chi connectivity index (χ2n) is 4.38. The topological polar surface area (TPSA) is 61.8 Å². The lowest BCUT2D eigenvalue weighted by molar-refractivity contribution is 0.0398. The number of carbonyl (C=O) groups is 1. The third-order valence-corrected chi connectivity index (χ3v) is 3.55. The highest BCUT2D eigenvalue weighted by Crippen LogP contribution is 2.20. The highest BCUT2D eigenvalue weighted by atomic mass is 79.9. The highest BCUT2D eigenvalue weighted by Gasteiger charge is 2.12. The van der Waals surface area contributed by atoms with Crippen molar-refractivity contribution in [3.05, 3.63) is 28.2 Å². The van der Waals surface area contributed by atoms with Crippen LogP contribution in [0, 0.1) is 0 Å². The van der Waals surface area contributed by atoms with Gasteiger partial charge in [0.1, 0.15) is 0 Å². The standard InChI is InChI=1S/C13H17BrN2O3/c14-10-1-2-12(11(9-10)13(17)18)15-3-4-16-5-7-19-8-6-16/h1-2,9,15H,3-8H2,(H,17,18). The molecular weight excluding hydrogens is 312 g/mol. The summed E-state index contributed by atoms with van der Waals surface area (Å²) in [5.74, 6) is -0.921. The van der Waals surface area contributed by atoms with Crippen LogP contribution >= 0.6 is 15.9 Å². The van der Waals surface area contributed by atoms with Gasteiger partial charge in [-0.2, -0.15) is 0 Å². The van der Waals surface area contributed by atoms with Crippen molar-refractivity contribution >= 4 is 27.6 Å². The second-order valence-corrected chi connectivity index (χ2v) is 5.29. The molecule has 2 N–H and O–H groups in total. The number of hydrogen-bond acceptors (Lipinski definition) is 4. The number of hydrogen-bond donors (Lipinski definition) is 2. The summed E-state index contributed by atoms with van der Waals surface area (Å²) >= 11 is 3.28. The van der Waals surface area contributed by atoms with E-state index in [1.54, 1.807) is 12.1 Å². The van der Waals surface area contributed by atoms with Gasteiger partial charge in [-0.3, -0.25) is 4.90 Å². The molecule has 5 nitrogen and oxygen atoms in total. The maximum absolute atomic E-state index is 11.2. The maximum atomic E-state index is 11.2. The van der Waals surface area contributed by atoms with Gasteiger partial charge in [0.2, 0.25) is 0 Å². The third kappa shape index (κ3) is 4.19. The minimum atomic E-state index is -0.921. The van der Waals surface area contributed by atoms with Gasteiger partial charge >= 0.3 is 5.97 Å². The number of carboxylic acids is 1. The second kappa shape index (κ2) is 6.88. The van der Waals surface area contributed by atoms with E-state index in [2.05, 4.69) is 26.1 Å². The molecule has 1 heterocycles. The molecular formula is C13H17BrN2O3. The molecule has 0 aromatic heterocycles. The Hall–Kier alpha value is -1.11. The molecule has 0 bridgehead atoms. The number of nitrogens with zero attached hydrogens (tertiary/aromatic N) is 1. The van der Waals surface area contributed by atoms with E-state index in [9.17, 15) is 4.79 Å². The molecule has 6 heteroatoms. The van der Waals surface area contributed by atoms with Crippen LogP contribution < -0.4 is 5.32 Å². The number of halogens is 1. The Morgan fingerprint density at radius 1 is 1.42 bits per heavy atom. The largest absolute Gasteiger partial charge is 0.478 e. The smallest absolute Gasteiger partial charge is 0.337 e. The zero-order valence-electron chi connectivity index (χ0n) is 10.6. The number of rotatable bonds is 5. The van der Waals surface area contributed by atoms with E-state index >= 15 is 0 Å². The highest BCUT2D eigenvalue weighted by molar-refractivity contribution is 9.10. The van der Waals surface area contributed by atoms with Crippen LogP contribution in [0.15, 0.2) is 22.7 Å². The number of carboxylic acid groups (broad SMARTS) is 1. The van der Waals surface area contributed by atoms with Gasteiger partial charge in [0, 0.05) is 36.3 Å². The molecule has 0 atom stereocenters. The van der Waals surface area contributed by atoms with Crippen LogP contribution in [0.2, 0.25) is 0 Å². The predicted molar refractivity (Wildman–Crippen MR) is 76.9 cm³/mol. The van der Waals surface area contributed by atoms with Crippen molar-refractivity contribution in [3.63, 3.8) is 0 Å². The molecule has 0 radical (unpaired) electrons. The molecule has 104 valence electrons. The number of benzene rings is 1. The van der Waals surface area contributed by atoms with Gasteiger partial charge in [-0.1, -0.05) is 15.9 Å². The zero-order valence-corrected chi connectivity index (χ0v) is 12.1. The molecule has 2 rings (SSSR count). The SMILES string of the molecule is O=C(O)c1cc(Br)ccc1NCCN1CCOCC1. The van der Waals surface area contributed by atoms with Crippen molar-refractivity contribution in [3.8, 4) is 0 Å². The summed E-state index contributed by atoms with van der Waals surface area (Å²) in [5.41, 5.74) is 0.945.